The maximum atomic E-state index is 5.48. The normalized spacial score (nSPS) is 11.5. The summed E-state index contributed by atoms with van der Waals surface area (Å²) < 4.78 is 5.48. The Morgan fingerprint density at radius 3 is 2.67 bits per heavy atom. The summed E-state index contributed by atoms with van der Waals surface area (Å²) in [5, 5.41) is 6.33. The van der Waals surface area contributed by atoms with Gasteiger partial charge in [0.15, 0.2) is 11.5 Å². The third-order valence-corrected chi connectivity index (χ3v) is 2.43. The molecule has 0 bridgehead atoms. The molecule has 1 aromatic heterocycles. The number of hydrogen-bond donors (Lipinski definition) is 2. The van der Waals surface area contributed by atoms with Crippen LogP contribution in [0.5, 0.6) is 0 Å². The molecule has 15 heavy (non-hydrogen) atoms. The molecule has 0 amide bonds. The molecule has 4 nitrogen and oxygen atoms in total. The van der Waals surface area contributed by atoms with Crippen molar-refractivity contribution < 1.29 is 4.42 Å². The van der Waals surface area contributed by atoms with E-state index < -0.39 is 0 Å². The molecular weight excluding hydrogens is 190 g/mol. The van der Waals surface area contributed by atoms with Crippen molar-refractivity contribution >= 4 is 11.1 Å². The smallest absolute Gasteiger partial charge is 0.192 e. The highest BCUT2D eigenvalue weighted by Gasteiger charge is 2.09. The maximum absolute atomic E-state index is 5.48. The molecule has 0 aliphatic rings. The van der Waals surface area contributed by atoms with E-state index in [-0.39, 0.29) is 6.17 Å². The summed E-state index contributed by atoms with van der Waals surface area (Å²) in [6.45, 7) is 1.85. The Morgan fingerprint density at radius 2 is 2.00 bits per heavy atom. The Kier molecular flexibility index (Phi) is 2.70. The average molecular weight is 205 g/mol. The lowest BCUT2D eigenvalue weighted by atomic mass is 10.1. The van der Waals surface area contributed by atoms with Gasteiger partial charge in [0.25, 0.3) is 0 Å². The van der Waals surface area contributed by atoms with Gasteiger partial charge in [-0.05, 0) is 31.8 Å². The number of benzene rings is 1. The largest absolute Gasteiger partial charge is 0.441 e. The van der Waals surface area contributed by atoms with Gasteiger partial charge in [-0.1, -0.05) is 6.07 Å². The van der Waals surface area contributed by atoms with E-state index in [2.05, 4.69) is 15.6 Å². The van der Waals surface area contributed by atoms with Gasteiger partial charge in [-0.3, -0.25) is 0 Å². The quantitative estimate of drug-likeness (QED) is 0.747. The highest BCUT2D eigenvalue weighted by molar-refractivity contribution is 5.73. The van der Waals surface area contributed by atoms with Crippen LogP contribution in [0, 0.1) is 6.92 Å². The second-order valence-corrected chi connectivity index (χ2v) is 3.47. The third kappa shape index (κ3) is 1.86. The van der Waals surface area contributed by atoms with E-state index in [9.17, 15) is 0 Å². The zero-order chi connectivity index (χ0) is 10.8. The van der Waals surface area contributed by atoms with Crippen molar-refractivity contribution in [3.8, 4) is 0 Å². The number of aromatic nitrogens is 1. The number of nitrogens with one attached hydrogen (secondary N) is 2. The summed E-state index contributed by atoms with van der Waals surface area (Å²) in [5.74, 6) is 0.701. The van der Waals surface area contributed by atoms with Crippen LogP contribution >= 0.6 is 0 Å². The van der Waals surface area contributed by atoms with Crippen molar-refractivity contribution in [1.29, 1.82) is 0 Å². The topological polar surface area (TPSA) is 50.1 Å². The Labute approximate surface area is 88.7 Å². The number of rotatable bonds is 3. The highest BCUT2D eigenvalue weighted by atomic mass is 16.3. The molecule has 4 heteroatoms. The van der Waals surface area contributed by atoms with Crippen LogP contribution in [0.2, 0.25) is 0 Å². The fourth-order valence-corrected chi connectivity index (χ4v) is 1.71. The molecule has 0 aliphatic heterocycles. The van der Waals surface area contributed by atoms with Crippen LogP contribution in [0.1, 0.15) is 17.6 Å². The second kappa shape index (κ2) is 4.00. The fourth-order valence-electron chi connectivity index (χ4n) is 1.71. The van der Waals surface area contributed by atoms with Crippen LogP contribution in [-0.4, -0.2) is 19.1 Å². The SMILES string of the molecule is CNC(NC)c1ccc2nc(C)oc2c1. The first-order valence-electron chi connectivity index (χ1n) is 4.96. The lowest BCUT2D eigenvalue weighted by Crippen LogP contribution is -2.28. The molecule has 2 N–H and O–H groups in total. The van der Waals surface area contributed by atoms with E-state index in [0.717, 1.165) is 16.7 Å². The van der Waals surface area contributed by atoms with Gasteiger partial charge in [-0.2, -0.15) is 0 Å². The van der Waals surface area contributed by atoms with Gasteiger partial charge in [0, 0.05) is 6.92 Å². The van der Waals surface area contributed by atoms with Gasteiger partial charge in [-0.25, -0.2) is 4.98 Å². The highest BCUT2D eigenvalue weighted by Crippen LogP contribution is 2.19. The number of nitrogens with zero attached hydrogens (tertiary/aromatic N) is 1. The molecule has 0 unspecified atom stereocenters. The van der Waals surface area contributed by atoms with Crippen molar-refractivity contribution in [3.05, 3.63) is 29.7 Å². The molecule has 80 valence electrons. The van der Waals surface area contributed by atoms with Crippen LogP contribution < -0.4 is 10.6 Å². The Bertz CT molecular complexity index is 460. The minimum atomic E-state index is 0.139. The molecule has 0 aliphatic carbocycles. The molecule has 0 fully saturated rings. The molecule has 2 rings (SSSR count). The van der Waals surface area contributed by atoms with E-state index >= 15 is 0 Å². The first-order chi connectivity index (χ1) is 7.24. The van der Waals surface area contributed by atoms with E-state index in [4.69, 9.17) is 4.42 Å². The molecule has 1 aromatic carbocycles. The Morgan fingerprint density at radius 1 is 1.27 bits per heavy atom. The monoisotopic (exact) mass is 205 g/mol. The van der Waals surface area contributed by atoms with E-state index in [1.54, 1.807) is 0 Å². The van der Waals surface area contributed by atoms with Gasteiger partial charge in [0.05, 0.1) is 6.17 Å². The van der Waals surface area contributed by atoms with Crippen molar-refractivity contribution in [1.82, 2.24) is 15.6 Å². The Balaban J connectivity index is 2.45. The van der Waals surface area contributed by atoms with Crippen LogP contribution in [0.15, 0.2) is 22.6 Å². The van der Waals surface area contributed by atoms with Crippen LogP contribution in [0.4, 0.5) is 0 Å². The molecular formula is C11H15N3O. The number of oxazole rings is 1. The van der Waals surface area contributed by atoms with Crippen molar-refractivity contribution in [2.45, 2.75) is 13.1 Å². The first-order valence-corrected chi connectivity index (χ1v) is 4.96. The maximum Gasteiger partial charge on any atom is 0.192 e. The standard InChI is InChI=1S/C11H15N3O/c1-7-14-9-5-4-8(6-10(9)15-7)11(12-2)13-3/h4-6,11-13H,1-3H3. The minimum Gasteiger partial charge on any atom is -0.441 e. The minimum absolute atomic E-state index is 0.139. The lowest BCUT2D eigenvalue weighted by molar-refractivity contribution is 0.517. The van der Waals surface area contributed by atoms with Crippen LogP contribution in [0.25, 0.3) is 11.1 Å². The summed E-state index contributed by atoms with van der Waals surface area (Å²) >= 11 is 0. The van der Waals surface area contributed by atoms with Crippen molar-refractivity contribution in [2.75, 3.05) is 14.1 Å². The zero-order valence-electron chi connectivity index (χ0n) is 9.16. The molecule has 0 saturated heterocycles. The first kappa shape index (κ1) is 10.1. The number of hydrogen-bond acceptors (Lipinski definition) is 4. The molecule has 0 radical (unpaired) electrons. The van der Waals surface area contributed by atoms with E-state index in [1.165, 1.54) is 0 Å². The van der Waals surface area contributed by atoms with E-state index in [0.29, 0.717) is 5.89 Å². The van der Waals surface area contributed by atoms with Gasteiger partial charge in [0.1, 0.15) is 5.52 Å². The predicted octanol–water partition coefficient (Wildman–Crippen LogP) is 1.57. The molecule has 0 saturated carbocycles. The number of fused-ring (bicyclic) bond motifs is 1. The summed E-state index contributed by atoms with van der Waals surface area (Å²) in [7, 11) is 3.83. The van der Waals surface area contributed by atoms with Crippen LogP contribution in [-0.2, 0) is 0 Å². The van der Waals surface area contributed by atoms with E-state index in [1.807, 2.05) is 39.2 Å². The zero-order valence-corrected chi connectivity index (χ0v) is 9.16. The van der Waals surface area contributed by atoms with Crippen LogP contribution in [0.3, 0.4) is 0 Å². The second-order valence-electron chi connectivity index (χ2n) is 3.47. The fraction of sp³-hybridized carbons (Fsp3) is 0.364. The number of aryl methyl sites for hydroxylation is 1. The van der Waals surface area contributed by atoms with Gasteiger partial charge in [0.2, 0.25) is 0 Å². The molecule has 2 aromatic rings. The van der Waals surface area contributed by atoms with Gasteiger partial charge in [-0.15, -0.1) is 0 Å². The Hall–Kier alpha value is -1.39. The predicted molar refractivity (Wildman–Crippen MR) is 59.6 cm³/mol. The van der Waals surface area contributed by atoms with Crippen molar-refractivity contribution in [2.24, 2.45) is 0 Å². The lowest BCUT2D eigenvalue weighted by Gasteiger charge is -2.14. The van der Waals surface area contributed by atoms with Crippen molar-refractivity contribution in [3.63, 3.8) is 0 Å². The molecule has 0 atom stereocenters. The molecule has 1 heterocycles. The summed E-state index contributed by atoms with van der Waals surface area (Å²) in [6.07, 6.45) is 0.139. The average Bonchev–Trinajstić information content (AvgIpc) is 2.59. The summed E-state index contributed by atoms with van der Waals surface area (Å²) in [6, 6.07) is 6.03. The third-order valence-electron chi connectivity index (χ3n) is 2.43. The summed E-state index contributed by atoms with van der Waals surface area (Å²) in [4.78, 5) is 4.26. The van der Waals surface area contributed by atoms with Gasteiger partial charge >= 0.3 is 0 Å². The summed E-state index contributed by atoms with van der Waals surface area (Å²) in [5.41, 5.74) is 2.88. The molecule has 0 spiro atoms. The van der Waals surface area contributed by atoms with Gasteiger partial charge < -0.3 is 15.1 Å².